The molecule has 0 aliphatic heterocycles. The molecule has 0 amide bonds. The summed E-state index contributed by atoms with van der Waals surface area (Å²) in [6.45, 7) is 1.21. The van der Waals surface area contributed by atoms with Crippen molar-refractivity contribution in [2.75, 3.05) is 26.6 Å². The van der Waals surface area contributed by atoms with Crippen LogP contribution < -0.4 is 19.5 Å². The minimum Gasteiger partial charge on any atom is -0.497 e. The molecule has 30 heavy (non-hydrogen) atoms. The summed E-state index contributed by atoms with van der Waals surface area (Å²) in [6, 6.07) is 17.5. The first kappa shape index (κ1) is 21.4. The number of hydrogen-bond donors (Lipinski definition) is 1. The topological polar surface area (TPSA) is 55.9 Å². The van der Waals surface area contributed by atoms with Gasteiger partial charge >= 0.3 is 0 Å². The molecule has 0 fully saturated rings. The molecule has 0 radical (unpaired) electrons. The average Bonchev–Trinajstić information content (AvgIpc) is 2.79. The molecule has 0 spiro atoms. The number of rotatable bonds is 8. The molecule has 1 heterocycles. The SMILES string of the molecule is COc1ccc(NC(=S)N(Cc2cccnc2)Cc2ccc(OC)c(OC)c2)cc1. The molecule has 0 bridgehead atoms. The van der Waals surface area contributed by atoms with Crippen molar-refractivity contribution in [3.05, 3.63) is 78.1 Å². The Hall–Kier alpha value is -3.32. The Kier molecular flexibility index (Phi) is 7.45. The van der Waals surface area contributed by atoms with Gasteiger partial charge in [-0.2, -0.15) is 0 Å². The van der Waals surface area contributed by atoms with Crippen LogP contribution in [0.3, 0.4) is 0 Å². The largest absolute Gasteiger partial charge is 0.497 e. The van der Waals surface area contributed by atoms with Crippen LogP contribution in [-0.4, -0.2) is 36.3 Å². The van der Waals surface area contributed by atoms with Crippen LogP contribution in [0.1, 0.15) is 11.1 Å². The van der Waals surface area contributed by atoms with Crippen LogP contribution in [0.4, 0.5) is 5.69 Å². The summed E-state index contributed by atoms with van der Waals surface area (Å²) in [7, 11) is 4.90. The maximum atomic E-state index is 5.73. The Labute approximate surface area is 182 Å². The van der Waals surface area contributed by atoms with Gasteiger partial charge in [-0.05, 0) is 65.8 Å². The van der Waals surface area contributed by atoms with E-state index < -0.39 is 0 Å². The smallest absolute Gasteiger partial charge is 0.174 e. The first-order chi connectivity index (χ1) is 14.6. The molecule has 156 valence electrons. The Morgan fingerprint density at radius 3 is 2.27 bits per heavy atom. The lowest BCUT2D eigenvalue weighted by atomic mass is 10.1. The third-order valence-corrected chi connectivity index (χ3v) is 4.91. The standard InChI is InChI=1S/C23H25N3O3S/c1-27-20-9-7-19(8-10-20)25-23(30)26(16-18-5-4-12-24-14-18)15-17-6-11-21(28-2)22(13-17)29-3/h4-14H,15-16H2,1-3H3,(H,25,30). The first-order valence-electron chi connectivity index (χ1n) is 9.42. The van der Waals surface area contributed by atoms with Crippen molar-refractivity contribution in [2.24, 2.45) is 0 Å². The highest BCUT2D eigenvalue weighted by Gasteiger charge is 2.14. The molecular formula is C23H25N3O3S. The molecule has 0 aliphatic carbocycles. The van der Waals surface area contributed by atoms with Crippen LogP contribution in [0.5, 0.6) is 17.2 Å². The molecule has 7 heteroatoms. The number of ether oxygens (including phenoxy) is 3. The number of nitrogens with one attached hydrogen (secondary N) is 1. The Balaban J connectivity index is 1.81. The van der Waals surface area contributed by atoms with Crippen molar-refractivity contribution >= 4 is 23.0 Å². The maximum Gasteiger partial charge on any atom is 0.174 e. The average molecular weight is 424 g/mol. The second-order valence-electron chi connectivity index (χ2n) is 6.57. The monoisotopic (exact) mass is 423 g/mol. The number of thiocarbonyl (C=S) groups is 1. The molecule has 1 N–H and O–H groups in total. The summed E-state index contributed by atoms with van der Waals surface area (Å²) >= 11 is 5.73. The molecule has 0 atom stereocenters. The van der Waals surface area contributed by atoms with Crippen molar-refractivity contribution in [3.63, 3.8) is 0 Å². The van der Waals surface area contributed by atoms with Gasteiger partial charge in [0.05, 0.1) is 21.3 Å². The zero-order chi connectivity index (χ0) is 21.3. The minimum absolute atomic E-state index is 0.594. The number of methoxy groups -OCH3 is 3. The van der Waals surface area contributed by atoms with Crippen LogP contribution in [0, 0.1) is 0 Å². The fourth-order valence-corrected chi connectivity index (χ4v) is 3.23. The first-order valence-corrected chi connectivity index (χ1v) is 9.83. The van der Waals surface area contributed by atoms with E-state index in [0.29, 0.717) is 29.7 Å². The summed E-state index contributed by atoms with van der Waals surface area (Å²) in [5.41, 5.74) is 3.01. The third-order valence-electron chi connectivity index (χ3n) is 4.55. The quantitative estimate of drug-likeness (QED) is 0.535. The van der Waals surface area contributed by atoms with Crippen LogP contribution in [-0.2, 0) is 13.1 Å². The van der Waals surface area contributed by atoms with Crippen molar-refractivity contribution in [2.45, 2.75) is 13.1 Å². The van der Waals surface area contributed by atoms with E-state index in [9.17, 15) is 0 Å². The number of benzene rings is 2. The molecule has 0 unspecified atom stereocenters. The van der Waals surface area contributed by atoms with Gasteiger partial charge in [0.1, 0.15) is 5.75 Å². The van der Waals surface area contributed by atoms with Crippen LogP contribution >= 0.6 is 12.2 Å². The van der Waals surface area contributed by atoms with Gasteiger partial charge in [-0.1, -0.05) is 12.1 Å². The van der Waals surface area contributed by atoms with Gasteiger partial charge in [0, 0.05) is 31.2 Å². The molecule has 1 aromatic heterocycles. The van der Waals surface area contributed by atoms with Crippen LogP contribution in [0.2, 0.25) is 0 Å². The van der Waals surface area contributed by atoms with Gasteiger partial charge in [0.15, 0.2) is 16.6 Å². The van der Waals surface area contributed by atoms with E-state index in [1.165, 1.54) is 0 Å². The predicted molar refractivity (Wildman–Crippen MR) is 122 cm³/mol. The van der Waals surface area contributed by atoms with E-state index >= 15 is 0 Å². The van der Waals surface area contributed by atoms with Gasteiger partial charge in [0.25, 0.3) is 0 Å². The van der Waals surface area contributed by atoms with E-state index in [4.69, 9.17) is 26.4 Å². The minimum atomic E-state index is 0.594. The molecule has 3 rings (SSSR count). The van der Waals surface area contributed by atoms with E-state index in [1.807, 2.05) is 60.8 Å². The summed E-state index contributed by atoms with van der Waals surface area (Å²) < 4.78 is 16.0. The van der Waals surface area contributed by atoms with E-state index in [1.54, 1.807) is 27.5 Å². The Morgan fingerprint density at radius 2 is 1.63 bits per heavy atom. The summed E-state index contributed by atoms with van der Waals surface area (Å²) in [6.07, 6.45) is 3.60. The van der Waals surface area contributed by atoms with Gasteiger partial charge in [0.2, 0.25) is 0 Å². The molecular weight excluding hydrogens is 398 g/mol. The number of nitrogens with zero attached hydrogens (tertiary/aromatic N) is 2. The van der Waals surface area contributed by atoms with Gasteiger partial charge in [-0.15, -0.1) is 0 Å². The second-order valence-corrected chi connectivity index (χ2v) is 6.95. The second kappa shape index (κ2) is 10.5. The summed E-state index contributed by atoms with van der Waals surface area (Å²) in [5, 5.41) is 3.92. The molecule has 2 aromatic carbocycles. The maximum absolute atomic E-state index is 5.73. The normalized spacial score (nSPS) is 10.2. The fourth-order valence-electron chi connectivity index (χ4n) is 2.99. The zero-order valence-electron chi connectivity index (χ0n) is 17.3. The lowest BCUT2D eigenvalue weighted by Gasteiger charge is -2.26. The van der Waals surface area contributed by atoms with Crippen LogP contribution in [0.15, 0.2) is 67.0 Å². The number of anilines is 1. The third kappa shape index (κ3) is 5.61. The highest BCUT2D eigenvalue weighted by molar-refractivity contribution is 7.80. The van der Waals surface area contributed by atoms with E-state index in [-0.39, 0.29) is 0 Å². The van der Waals surface area contributed by atoms with Gasteiger partial charge in [-0.25, -0.2) is 0 Å². The molecule has 0 saturated carbocycles. The number of hydrogen-bond acceptors (Lipinski definition) is 5. The van der Waals surface area contributed by atoms with E-state index in [0.717, 1.165) is 22.6 Å². The number of aromatic nitrogens is 1. The Bertz CT molecular complexity index is 965. The summed E-state index contributed by atoms with van der Waals surface area (Å²) in [5.74, 6) is 2.17. The fraction of sp³-hybridized carbons (Fsp3) is 0.217. The number of pyridine rings is 1. The lowest BCUT2D eigenvalue weighted by molar-refractivity contribution is 0.352. The lowest BCUT2D eigenvalue weighted by Crippen LogP contribution is -2.33. The van der Waals surface area contributed by atoms with Crippen LogP contribution in [0.25, 0.3) is 0 Å². The van der Waals surface area contributed by atoms with Crippen molar-refractivity contribution in [3.8, 4) is 17.2 Å². The predicted octanol–water partition coefficient (Wildman–Crippen LogP) is 4.51. The van der Waals surface area contributed by atoms with Gasteiger partial charge in [-0.3, -0.25) is 4.98 Å². The molecule has 0 saturated heterocycles. The van der Waals surface area contributed by atoms with Crippen molar-refractivity contribution in [1.82, 2.24) is 9.88 Å². The highest BCUT2D eigenvalue weighted by atomic mass is 32.1. The highest BCUT2D eigenvalue weighted by Crippen LogP contribution is 2.28. The molecule has 6 nitrogen and oxygen atoms in total. The van der Waals surface area contributed by atoms with Crippen molar-refractivity contribution < 1.29 is 14.2 Å². The van der Waals surface area contributed by atoms with E-state index in [2.05, 4.69) is 15.2 Å². The molecule has 3 aromatic rings. The summed E-state index contributed by atoms with van der Waals surface area (Å²) in [4.78, 5) is 6.30. The molecule has 0 aliphatic rings. The zero-order valence-corrected chi connectivity index (χ0v) is 18.1. The Morgan fingerprint density at radius 1 is 0.900 bits per heavy atom. The van der Waals surface area contributed by atoms with Gasteiger partial charge < -0.3 is 24.4 Å². The van der Waals surface area contributed by atoms with Crippen molar-refractivity contribution in [1.29, 1.82) is 0 Å².